The van der Waals surface area contributed by atoms with E-state index in [2.05, 4.69) is 15.5 Å². The van der Waals surface area contributed by atoms with Crippen LogP contribution in [0.4, 0.5) is 0 Å². The summed E-state index contributed by atoms with van der Waals surface area (Å²) in [6.45, 7) is 0.325. The van der Waals surface area contributed by atoms with Crippen LogP contribution in [0, 0.1) is 0 Å². The maximum Gasteiger partial charge on any atom is 0.252 e. The van der Waals surface area contributed by atoms with Gasteiger partial charge in [-0.2, -0.15) is 4.98 Å². The second kappa shape index (κ2) is 8.21. The van der Waals surface area contributed by atoms with Crippen LogP contribution in [-0.4, -0.2) is 29.7 Å². The van der Waals surface area contributed by atoms with E-state index in [4.69, 9.17) is 32.5 Å². The number of rotatable bonds is 6. The number of aromatic nitrogens is 2. The van der Waals surface area contributed by atoms with E-state index in [1.807, 2.05) is 24.3 Å². The summed E-state index contributed by atoms with van der Waals surface area (Å²) in [5.41, 5.74) is 1.10. The number of amides is 1. The molecule has 0 bridgehead atoms. The Morgan fingerprint density at radius 2 is 2.04 bits per heavy atom. The Kier molecular flexibility index (Phi) is 5.75. The zero-order chi connectivity index (χ0) is 18.5. The van der Waals surface area contributed by atoms with Gasteiger partial charge in [-0.05, 0) is 30.3 Å². The van der Waals surface area contributed by atoms with Gasteiger partial charge in [-0.15, -0.1) is 0 Å². The summed E-state index contributed by atoms with van der Waals surface area (Å²) in [5.74, 6) is 1.21. The Labute approximate surface area is 160 Å². The fourth-order valence-electron chi connectivity index (χ4n) is 2.35. The Hall–Kier alpha value is -2.57. The van der Waals surface area contributed by atoms with Crippen molar-refractivity contribution in [2.75, 3.05) is 13.7 Å². The topological polar surface area (TPSA) is 77.3 Å². The Morgan fingerprint density at radius 3 is 2.81 bits per heavy atom. The number of nitrogens with zero attached hydrogens (tertiary/aromatic N) is 2. The molecule has 26 heavy (non-hydrogen) atoms. The van der Waals surface area contributed by atoms with E-state index in [1.54, 1.807) is 19.2 Å². The second-order valence-electron chi connectivity index (χ2n) is 5.34. The highest BCUT2D eigenvalue weighted by molar-refractivity contribution is 6.36. The van der Waals surface area contributed by atoms with Crippen LogP contribution in [0.1, 0.15) is 16.2 Å². The van der Waals surface area contributed by atoms with Crippen molar-refractivity contribution in [1.29, 1.82) is 0 Å². The smallest absolute Gasteiger partial charge is 0.252 e. The molecule has 6 nitrogen and oxygen atoms in total. The van der Waals surface area contributed by atoms with Gasteiger partial charge in [-0.25, -0.2) is 0 Å². The molecule has 134 valence electrons. The molecule has 1 amide bonds. The van der Waals surface area contributed by atoms with Gasteiger partial charge < -0.3 is 14.6 Å². The standard InChI is InChI=1S/C18H15Cl2N3O3/c1-25-15-5-3-2-4-13(15)17-22-16(26-23-17)8-9-21-18(24)12-7-6-11(19)10-14(12)20/h2-7,10H,8-9H2,1H3,(H,21,24). The van der Waals surface area contributed by atoms with Gasteiger partial charge in [0.15, 0.2) is 0 Å². The molecule has 1 aromatic heterocycles. The van der Waals surface area contributed by atoms with Crippen LogP contribution in [0.15, 0.2) is 47.0 Å². The fourth-order valence-corrected chi connectivity index (χ4v) is 2.84. The van der Waals surface area contributed by atoms with Gasteiger partial charge in [0.2, 0.25) is 11.7 Å². The second-order valence-corrected chi connectivity index (χ2v) is 6.19. The number of carbonyl (C=O) groups is 1. The lowest BCUT2D eigenvalue weighted by atomic mass is 10.2. The number of methoxy groups -OCH3 is 1. The molecule has 0 aliphatic rings. The van der Waals surface area contributed by atoms with Crippen molar-refractivity contribution >= 4 is 29.1 Å². The zero-order valence-corrected chi connectivity index (χ0v) is 15.3. The lowest BCUT2D eigenvalue weighted by molar-refractivity contribution is 0.0953. The molecule has 0 atom stereocenters. The largest absolute Gasteiger partial charge is 0.496 e. The predicted octanol–water partition coefficient (Wildman–Crippen LogP) is 4.02. The summed E-state index contributed by atoms with van der Waals surface area (Å²) in [6.07, 6.45) is 0.388. The number of para-hydroxylation sites is 1. The highest BCUT2D eigenvalue weighted by Crippen LogP contribution is 2.27. The van der Waals surface area contributed by atoms with Crippen LogP contribution in [0.5, 0.6) is 5.75 Å². The molecule has 0 fully saturated rings. The molecule has 0 spiro atoms. The number of carbonyl (C=O) groups excluding carboxylic acids is 1. The van der Waals surface area contributed by atoms with Crippen LogP contribution in [0.2, 0.25) is 10.0 Å². The van der Waals surface area contributed by atoms with Crippen molar-refractivity contribution in [2.24, 2.45) is 0 Å². The van der Waals surface area contributed by atoms with Crippen LogP contribution in [-0.2, 0) is 6.42 Å². The number of hydrogen-bond acceptors (Lipinski definition) is 5. The average molecular weight is 392 g/mol. The van der Waals surface area contributed by atoms with E-state index in [9.17, 15) is 4.79 Å². The number of ether oxygens (including phenoxy) is 1. The molecule has 0 unspecified atom stereocenters. The Balaban J connectivity index is 1.61. The fraction of sp³-hybridized carbons (Fsp3) is 0.167. The van der Waals surface area contributed by atoms with E-state index in [1.165, 1.54) is 6.07 Å². The van der Waals surface area contributed by atoms with E-state index in [0.29, 0.717) is 46.0 Å². The normalized spacial score (nSPS) is 10.6. The quantitative estimate of drug-likeness (QED) is 0.686. The minimum absolute atomic E-state index is 0.295. The van der Waals surface area contributed by atoms with Crippen molar-refractivity contribution < 1.29 is 14.1 Å². The van der Waals surface area contributed by atoms with E-state index < -0.39 is 0 Å². The maximum absolute atomic E-state index is 12.2. The predicted molar refractivity (Wildman–Crippen MR) is 98.8 cm³/mol. The highest BCUT2D eigenvalue weighted by Gasteiger charge is 2.14. The third-order valence-electron chi connectivity index (χ3n) is 3.62. The van der Waals surface area contributed by atoms with Crippen molar-refractivity contribution in [3.8, 4) is 17.1 Å². The first kappa shape index (κ1) is 18.2. The highest BCUT2D eigenvalue weighted by atomic mass is 35.5. The summed E-state index contributed by atoms with van der Waals surface area (Å²) in [4.78, 5) is 16.5. The van der Waals surface area contributed by atoms with Gasteiger partial charge in [0.25, 0.3) is 5.91 Å². The number of hydrogen-bond donors (Lipinski definition) is 1. The minimum Gasteiger partial charge on any atom is -0.496 e. The molecular weight excluding hydrogens is 377 g/mol. The SMILES string of the molecule is COc1ccccc1-c1noc(CCNC(=O)c2ccc(Cl)cc2Cl)n1. The first-order chi connectivity index (χ1) is 12.6. The first-order valence-corrected chi connectivity index (χ1v) is 8.53. The molecule has 8 heteroatoms. The molecule has 3 rings (SSSR count). The molecule has 3 aromatic rings. The van der Waals surface area contributed by atoms with Crippen molar-refractivity contribution in [2.45, 2.75) is 6.42 Å². The summed E-state index contributed by atoms with van der Waals surface area (Å²) < 4.78 is 10.5. The van der Waals surface area contributed by atoms with Gasteiger partial charge in [0.1, 0.15) is 5.75 Å². The molecule has 0 saturated heterocycles. The molecule has 1 heterocycles. The number of halogens is 2. The maximum atomic E-state index is 12.2. The van der Waals surface area contributed by atoms with Crippen LogP contribution in [0.3, 0.4) is 0 Å². The minimum atomic E-state index is -0.295. The van der Waals surface area contributed by atoms with Crippen molar-refractivity contribution in [3.05, 3.63) is 64.0 Å². The van der Waals surface area contributed by atoms with Gasteiger partial charge in [-0.3, -0.25) is 4.79 Å². The van der Waals surface area contributed by atoms with Gasteiger partial charge in [-0.1, -0.05) is 40.5 Å². The van der Waals surface area contributed by atoms with Crippen LogP contribution < -0.4 is 10.1 Å². The van der Waals surface area contributed by atoms with Gasteiger partial charge >= 0.3 is 0 Å². The number of nitrogens with one attached hydrogen (secondary N) is 1. The molecule has 0 aliphatic carbocycles. The molecule has 1 N–H and O–H groups in total. The molecule has 0 saturated carbocycles. The van der Waals surface area contributed by atoms with E-state index in [-0.39, 0.29) is 5.91 Å². The summed E-state index contributed by atoms with van der Waals surface area (Å²) in [5, 5.41) is 7.49. The lowest BCUT2D eigenvalue weighted by Crippen LogP contribution is -2.26. The zero-order valence-electron chi connectivity index (χ0n) is 13.8. The van der Waals surface area contributed by atoms with Gasteiger partial charge in [0.05, 0.1) is 23.3 Å². The van der Waals surface area contributed by atoms with E-state index >= 15 is 0 Å². The lowest BCUT2D eigenvalue weighted by Gasteiger charge is -2.05. The van der Waals surface area contributed by atoms with E-state index in [0.717, 1.165) is 5.56 Å². The summed E-state index contributed by atoms with van der Waals surface area (Å²) >= 11 is 11.8. The van der Waals surface area contributed by atoms with Crippen LogP contribution >= 0.6 is 23.2 Å². The van der Waals surface area contributed by atoms with Gasteiger partial charge in [0, 0.05) is 18.0 Å². The third-order valence-corrected chi connectivity index (χ3v) is 4.16. The summed E-state index contributed by atoms with van der Waals surface area (Å²) in [6, 6.07) is 12.1. The average Bonchev–Trinajstić information content (AvgIpc) is 3.10. The summed E-state index contributed by atoms with van der Waals surface area (Å²) in [7, 11) is 1.58. The molecular formula is C18H15Cl2N3O3. The number of benzene rings is 2. The first-order valence-electron chi connectivity index (χ1n) is 7.77. The Morgan fingerprint density at radius 1 is 1.23 bits per heavy atom. The Bertz CT molecular complexity index is 928. The molecule has 0 aliphatic heterocycles. The monoisotopic (exact) mass is 391 g/mol. The van der Waals surface area contributed by atoms with Crippen LogP contribution in [0.25, 0.3) is 11.4 Å². The van der Waals surface area contributed by atoms with Crippen molar-refractivity contribution in [1.82, 2.24) is 15.5 Å². The molecule has 0 radical (unpaired) electrons. The van der Waals surface area contributed by atoms with Crippen molar-refractivity contribution in [3.63, 3.8) is 0 Å². The third kappa shape index (κ3) is 4.15. The molecule has 2 aromatic carbocycles.